The first kappa shape index (κ1) is 24.3. The van der Waals surface area contributed by atoms with E-state index in [2.05, 4.69) is 11.0 Å². The van der Waals surface area contributed by atoms with E-state index in [0.29, 0.717) is 31.8 Å². The Morgan fingerprint density at radius 1 is 1.00 bits per heavy atom. The maximum absolute atomic E-state index is 14.2. The molecule has 0 bridgehead atoms. The highest BCUT2D eigenvalue weighted by atomic mass is 32.1. The fraction of sp³-hybridized carbons (Fsp3) is 0.357. The molecule has 3 heterocycles. The van der Waals surface area contributed by atoms with E-state index in [-0.39, 0.29) is 17.9 Å². The molecule has 2 aliphatic rings. The zero-order chi connectivity index (χ0) is 25.1. The maximum Gasteiger partial charge on any atom is 0.254 e. The van der Waals surface area contributed by atoms with Crippen LogP contribution in [0.15, 0.2) is 66.0 Å². The van der Waals surface area contributed by atoms with E-state index in [4.69, 9.17) is 9.47 Å². The number of carbonyl (C=O) groups is 2. The van der Waals surface area contributed by atoms with E-state index < -0.39 is 5.92 Å². The summed E-state index contributed by atoms with van der Waals surface area (Å²) in [6.07, 6.45) is 0. The first-order chi connectivity index (χ1) is 17.6. The van der Waals surface area contributed by atoms with Crippen molar-refractivity contribution in [1.29, 1.82) is 0 Å². The molecule has 1 saturated heterocycles. The number of anilines is 1. The van der Waals surface area contributed by atoms with Crippen LogP contribution in [0.5, 0.6) is 5.75 Å². The lowest BCUT2D eigenvalue weighted by atomic mass is 9.81. The highest BCUT2D eigenvalue weighted by Crippen LogP contribution is 2.45. The normalized spacial score (nSPS) is 19.8. The summed E-state index contributed by atoms with van der Waals surface area (Å²) < 4.78 is 10.7. The fourth-order valence-corrected chi connectivity index (χ4v) is 6.13. The van der Waals surface area contributed by atoms with Gasteiger partial charge in [-0.3, -0.25) is 9.59 Å². The first-order valence-electron chi connectivity index (χ1n) is 12.2. The van der Waals surface area contributed by atoms with Crippen molar-refractivity contribution in [2.45, 2.75) is 12.0 Å². The highest BCUT2D eigenvalue weighted by molar-refractivity contribution is 7.10. The molecule has 1 aromatic heterocycles. The predicted molar refractivity (Wildman–Crippen MR) is 141 cm³/mol. The molecule has 3 aromatic rings. The number of carbonyl (C=O) groups excluding carboxylic acids is 2. The van der Waals surface area contributed by atoms with Crippen LogP contribution in [-0.2, 0) is 9.53 Å². The average Bonchev–Trinajstić information content (AvgIpc) is 3.47. The molecule has 0 saturated carbocycles. The van der Waals surface area contributed by atoms with Gasteiger partial charge < -0.3 is 24.2 Å². The fourth-order valence-electron chi connectivity index (χ4n) is 5.26. The third-order valence-corrected chi connectivity index (χ3v) is 8.03. The summed E-state index contributed by atoms with van der Waals surface area (Å²) in [5.41, 5.74) is 2.52. The van der Waals surface area contributed by atoms with Crippen LogP contribution in [0, 0.1) is 0 Å². The van der Waals surface area contributed by atoms with Gasteiger partial charge in [0.1, 0.15) is 5.75 Å². The second-order valence-electron chi connectivity index (χ2n) is 9.03. The largest absolute Gasteiger partial charge is 0.497 e. The minimum atomic E-state index is -0.460. The molecule has 0 N–H and O–H groups in total. The molecule has 36 heavy (non-hydrogen) atoms. The Morgan fingerprint density at radius 3 is 2.53 bits per heavy atom. The molecule has 2 atom stereocenters. The first-order valence-corrected chi connectivity index (χ1v) is 13.1. The number of ether oxygens (including phenoxy) is 2. The quantitative estimate of drug-likeness (QED) is 0.485. The number of thiophene rings is 1. The van der Waals surface area contributed by atoms with Gasteiger partial charge in [-0.1, -0.05) is 30.3 Å². The van der Waals surface area contributed by atoms with E-state index in [1.807, 2.05) is 69.8 Å². The predicted octanol–water partition coefficient (Wildman–Crippen LogP) is 4.03. The molecule has 8 heteroatoms. The molecule has 2 amide bonds. The topological polar surface area (TPSA) is 62.3 Å². The summed E-state index contributed by atoms with van der Waals surface area (Å²) in [7, 11) is 3.30. The van der Waals surface area contributed by atoms with E-state index in [9.17, 15) is 9.59 Å². The van der Waals surface area contributed by atoms with Crippen molar-refractivity contribution in [3.05, 3.63) is 82.0 Å². The number of fused-ring (bicyclic) bond motifs is 1. The van der Waals surface area contributed by atoms with Crippen LogP contribution in [0.2, 0.25) is 0 Å². The maximum atomic E-state index is 14.2. The molecule has 0 aliphatic carbocycles. The van der Waals surface area contributed by atoms with Gasteiger partial charge in [0, 0.05) is 62.0 Å². The van der Waals surface area contributed by atoms with Crippen molar-refractivity contribution < 1.29 is 19.1 Å². The number of hydrogen-bond acceptors (Lipinski definition) is 6. The Kier molecular flexibility index (Phi) is 7.25. The van der Waals surface area contributed by atoms with Crippen molar-refractivity contribution >= 4 is 28.8 Å². The molecule has 1 fully saturated rings. The van der Waals surface area contributed by atoms with E-state index in [0.717, 1.165) is 35.0 Å². The van der Waals surface area contributed by atoms with Crippen molar-refractivity contribution in [2.75, 3.05) is 58.5 Å². The number of hydrogen-bond donors (Lipinski definition) is 0. The van der Waals surface area contributed by atoms with Crippen molar-refractivity contribution in [2.24, 2.45) is 0 Å². The summed E-state index contributed by atoms with van der Waals surface area (Å²) in [6.45, 7) is 3.57. The zero-order valence-corrected chi connectivity index (χ0v) is 21.4. The van der Waals surface area contributed by atoms with Crippen molar-refractivity contribution in [3.8, 4) is 5.75 Å². The van der Waals surface area contributed by atoms with Crippen LogP contribution >= 0.6 is 11.3 Å². The molecule has 2 aliphatic heterocycles. The summed E-state index contributed by atoms with van der Waals surface area (Å²) in [6, 6.07) is 19.2. The van der Waals surface area contributed by atoms with Crippen molar-refractivity contribution in [3.63, 3.8) is 0 Å². The molecule has 0 radical (unpaired) electrons. The third kappa shape index (κ3) is 4.58. The van der Waals surface area contributed by atoms with Gasteiger partial charge in [0.05, 0.1) is 25.7 Å². The molecule has 0 unspecified atom stereocenters. The molecule has 7 nitrogen and oxygen atoms in total. The zero-order valence-electron chi connectivity index (χ0n) is 20.6. The summed E-state index contributed by atoms with van der Waals surface area (Å²) in [4.78, 5) is 34.9. The number of benzene rings is 2. The number of nitrogens with zero attached hydrogens (tertiary/aromatic N) is 3. The van der Waals surface area contributed by atoms with Crippen molar-refractivity contribution in [1.82, 2.24) is 9.80 Å². The van der Waals surface area contributed by atoms with Gasteiger partial charge in [0.25, 0.3) is 5.91 Å². The van der Waals surface area contributed by atoms with Gasteiger partial charge in [-0.25, -0.2) is 0 Å². The van der Waals surface area contributed by atoms with E-state index in [1.165, 1.54) is 0 Å². The lowest BCUT2D eigenvalue weighted by molar-refractivity contribution is -0.135. The third-order valence-electron chi connectivity index (χ3n) is 7.09. The lowest BCUT2D eigenvalue weighted by Crippen LogP contribution is -2.53. The molecular formula is C28H31N3O4S. The monoisotopic (exact) mass is 505 g/mol. The number of amides is 2. The van der Waals surface area contributed by atoms with Gasteiger partial charge in [-0.05, 0) is 35.2 Å². The lowest BCUT2D eigenvalue weighted by Gasteiger charge is -2.44. The Hall–Kier alpha value is -3.36. The van der Waals surface area contributed by atoms with Gasteiger partial charge in [-0.2, -0.15) is 0 Å². The molecule has 0 spiro atoms. The van der Waals surface area contributed by atoms with Crippen LogP contribution < -0.4 is 9.64 Å². The summed E-state index contributed by atoms with van der Waals surface area (Å²) in [5.74, 6) is 0.385. The van der Waals surface area contributed by atoms with Crippen LogP contribution in [-0.4, -0.2) is 75.2 Å². The molecule has 5 rings (SSSR count). The van der Waals surface area contributed by atoms with Gasteiger partial charge in [-0.15, -0.1) is 11.3 Å². The summed E-state index contributed by atoms with van der Waals surface area (Å²) in [5, 5.41) is 2.00. The molecular weight excluding hydrogens is 474 g/mol. The molecule has 188 valence electrons. The van der Waals surface area contributed by atoms with Crippen LogP contribution in [0.4, 0.5) is 5.69 Å². The second kappa shape index (κ2) is 10.7. The highest BCUT2D eigenvalue weighted by Gasteiger charge is 2.46. The number of piperazine rings is 1. The van der Waals surface area contributed by atoms with Gasteiger partial charge >= 0.3 is 0 Å². The Balaban J connectivity index is 1.44. The minimum absolute atomic E-state index is 0.0482. The van der Waals surface area contributed by atoms with Gasteiger partial charge in [0.2, 0.25) is 5.91 Å². The van der Waals surface area contributed by atoms with E-state index in [1.54, 1.807) is 25.6 Å². The minimum Gasteiger partial charge on any atom is -0.497 e. The summed E-state index contributed by atoms with van der Waals surface area (Å²) >= 11 is 1.59. The van der Waals surface area contributed by atoms with Crippen LogP contribution in [0.3, 0.4) is 0 Å². The number of methoxy groups -OCH3 is 2. The van der Waals surface area contributed by atoms with E-state index >= 15 is 0 Å². The van der Waals surface area contributed by atoms with Crippen LogP contribution in [0.25, 0.3) is 0 Å². The Morgan fingerprint density at radius 2 is 1.81 bits per heavy atom. The Labute approximate surface area is 215 Å². The second-order valence-corrected chi connectivity index (χ2v) is 10.0. The number of rotatable bonds is 7. The standard InChI is InChI=1S/C28H31N3O4S/c1-34-17-16-31-26(24-11-6-18-36-24)25(22-9-3-4-10-23(22)27(31)32)28(33)30-14-12-29(13-15-30)20-7-5-8-21(19-20)35-2/h3-11,18-19,25-26H,12-17H2,1-2H3/t25-,26+/m1/s1. The average molecular weight is 506 g/mol. The smallest absolute Gasteiger partial charge is 0.254 e. The SMILES string of the molecule is COCCN1C(=O)c2ccccc2[C@@H](C(=O)N2CCN(c3cccc(OC)c3)CC2)[C@@H]1c1cccs1. The molecule has 2 aromatic carbocycles. The Bertz CT molecular complexity index is 1210. The van der Waals surface area contributed by atoms with Crippen LogP contribution in [0.1, 0.15) is 32.8 Å². The van der Waals surface area contributed by atoms with Gasteiger partial charge in [0.15, 0.2) is 0 Å².